The summed E-state index contributed by atoms with van der Waals surface area (Å²) in [5, 5.41) is 7.79. The van der Waals surface area contributed by atoms with Crippen LogP contribution >= 0.6 is 0 Å². The fourth-order valence-corrected chi connectivity index (χ4v) is 2.34. The van der Waals surface area contributed by atoms with E-state index in [0.29, 0.717) is 11.9 Å². The predicted octanol–water partition coefficient (Wildman–Crippen LogP) is 2.54. The zero-order chi connectivity index (χ0) is 11.6. The number of hydrogen-bond acceptors (Lipinski definition) is 4. The van der Waals surface area contributed by atoms with Crippen molar-refractivity contribution in [2.24, 2.45) is 0 Å². The predicted molar refractivity (Wildman–Crippen MR) is 62.1 cm³/mol. The largest absolute Gasteiger partial charge is 0.340 e. The summed E-state index contributed by atoms with van der Waals surface area (Å²) >= 11 is 0. The summed E-state index contributed by atoms with van der Waals surface area (Å²) in [6.45, 7) is 6.28. The first-order valence-corrected chi connectivity index (χ1v) is 6.28. The third kappa shape index (κ3) is 1.98. The van der Waals surface area contributed by atoms with Crippen LogP contribution in [0.4, 0.5) is 0 Å². The molecule has 0 spiro atoms. The normalized spacial score (nSPS) is 18.8. The van der Waals surface area contributed by atoms with E-state index in [1.54, 1.807) is 0 Å². The topological polar surface area (TPSA) is 51.0 Å². The standard InChI is InChI=1S/C12H21N3O/c1-4-10(5-2)14-12(7-6-8-12)11-13-9(3)16-15-11/h10,14H,4-8H2,1-3H3. The monoisotopic (exact) mass is 223 g/mol. The van der Waals surface area contributed by atoms with E-state index in [2.05, 4.69) is 29.3 Å². The van der Waals surface area contributed by atoms with Crippen molar-refractivity contribution in [3.63, 3.8) is 0 Å². The van der Waals surface area contributed by atoms with E-state index in [-0.39, 0.29) is 5.54 Å². The van der Waals surface area contributed by atoms with Crippen LogP contribution in [0.5, 0.6) is 0 Å². The fourth-order valence-electron chi connectivity index (χ4n) is 2.34. The molecule has 0 amide bonds. The average Bonchev–Trinajstić information content (AvgIpc) is 2.65. The number of nitrogens with zero attached hydrogens (tertiary/aromatic N) is 2. The lowest BCUT2D eigenvalue weighted by molar-refractivity contribution is 0.143. The number of aromatic nitrogens is 2. The van der Waals surface area contributed by atoms with Gasteiger partial charge >= 0.3 is 0 Å². The molecule has 0 unspecified atom stereocenters. The first-order valence-electron chi connectivity index (χ1n) is 6.28. The van der Waals surface area contributed by atoms with Crippen LogP contribution in [-0.2, 0) is 5.54 Å². The van der Waals surface area contributed by atoms with E-state index in [1.165, 1.54) is 6.42 Å². The van der Waals surface area contributed by atoms with Gasteiger partial charge < -0.3 is 9.84 Å². The molecule has 2 rings (SSSR count). The molecule has 4 nitrogen and oxygen atoms in total. The summed E-state index contributed by atoms with van der Waals surface area (Å²) in [5.41, 5.74) is -0.00551. The molecule has 16 heavy (non-hydrogen) atoms. The Morgan fingerprint density at radius 1 is 1.38 bits per heavy atom. The molecule has 1 aliphatic carbocycles. The highest BCUT2D eigenvalue weighted by Gasteiger charge is 2.43. The van der Waals surface area contributed by atoms with Crippen molar-refractivity contribution in [3.8, 4) is 0 Å². The number of nitrogens with one attached hydrogen (secondary N) is 1. The van der Waals surface area contributed by atoms with E-state index < -0.39 is 0 Å². The van der Waals surface area contributed by atoms with E-state index in [0.717, 1.165) is 31.5 Å². The molecule has 0 atom stereocenters. The highest BCUT2D eigenvalue weighted by Crippen LogP contribution is 2.40. The smallest absolute Gasteiger partial charge is 0.223 e. The van der Waals surface area contributed by atoms with Gasteiger partial charge in [0.25, 0.3) is 0 Å². The molecule has 90 valence electrons. The summed E-state index contributed by atoms with van der Waals surface area (Å²) in [5.74, 6) is 1.51. The highest BCUT2D eigenvalue weighted by molar-refractivity contribution is 5.11. The third-order valence-corrected chi connectivity index (χ3v) is 3.63. The fraction of sp³-hybridized carbons (Fsp3) is 0.833. The second-order valence-electron chi connectivity index (χ2n) is 4.73. The maximum absolute atomic E-state index is 5.09. The van der Waals surface area contributed by atoms with Crippen molar-refractivity contribution < 1.29 is 4.52 Å². The molecule has 1 heterocycles. The molecule has 1 fully saturated rings. The Balaban J connectivity index is 2.13. The van der Waals surface area contributed by atoms with Crippen molar-refractivity contribution >= 4 is 0 Å². The van der Waals surface area contributed by atoms with Gasteiger partial charge in [-0.2, -0.15) is 4.98 Å². The molecule has 1 aliphatic rings. The zero-order valence-corrected chi connectivity index (χ0v) is 10.4. The summed E-state index contributed by atoms with van der Waals surface area (Å²) in [7, 11) is 0. The quantitative estimate of drug-likeness (QED) is 0.833. The van der Waals surface area contributed by atoms with Crippen molar-refractivity contribution in [1.82, 2.24) is 15.5 Å². The molecule has 4 heteroatoms. The van der Waals surface area contributed by atoms with Crippen LogP contribution in [0.3, 0.4) is 0 Å². The second kappa shape index (κ2) is 4.53. The lowest BCUT2D eigenvalue weighted by Gasteiger charge is -2.42. The van der Waals surface area contributed by atoms with E-state index in [9.17, 15) is 0 Å². The van der Waals surface area contributed by atoms with Gasteiger partial charge in [-0.05, 0) is 32.1 Å². The van der Waals surface area contributed by atoms with Crippen LogP contribution in [-0.4, -0.2) is 16.2 Å². The van der Waals surface area contributed by atoms with Crippen molar-refractivity contribution in [3.05, 3.63) is 11.7 Å². The van der Waals surface area contributed by atoms with E-state index >= 15 is 0 Å². The summed E-state index contributed by atoms with van der Waals surface area (Å²) in [6.07, 6.45) is 5.80. The molecule has 0 radical (unpaired) electrons. The maximum Gasteiger partial charge on any atom is 0.223 e. The Morgan fingerprint density at radius 2 is 2.06 bits per heavy atom. The molecule has 0 bridgehead atoms. The van der Waals surface area contributed by atoms with E-state index in [1.807, 2.05) is 6.92 Å². The minimum atomic E-state index is -0.00551. The maximum atomic E-state index is 5.09. The van der Waals surface area contributed by atoms with Gasteiger partial charge in [0, 0.05) is 13.0 Å². The molecule has 0 aromatic carbocycles. The molecular formula is C12H21N3O. The van der Waals surface area contributed by atoms with Crippen LogP contribution in [0.15, 0.2) is 4.52 Å². The summed E-state index contributed by atoms with van der Waals surface area (Å²) in [6, 6.07) is 0.555. The number of hydrogen-bond donors (Lipinski definition) is 1. The molecule has 0 saturated heterocycles. The Labute approximate surface area is 96.8 Å². The molecular weight excluding hydrogens is 202 g/mol. The van der Waals surface area contributed by atoms with Gasteiger partial charge in [0.2, 0.25) is 5.89 Å². The van der Waals surface area contributed by atoms with Crippen LogP contribution in [0.2, 0.25) is 0 Å². The van der Waals surface area contributed by atoms with Crippen LogP contribution in [0.1, 0.15) is 57.7 Å². The van der Waals surface area contributed by atoms with Crippen molar-refractivity contribution in [2.45, 2.75) is 64.5 Å². The Morgan fingerprint density at radius 3 is 2.44 bits per heavy atom. The van der Waals surface area contributed by atoms with Crippen LogP contribution < -0.4 is 5.32 Å². The van der Waals surface area contributed by atoms with E-state index in [4.69, 9.17) is 4.52 Å². The van der Waals surface area contributed by atoms with Gasteiger partial charge in [-0.3, -0.25) is 0 Å². The van der Waals surface area contributed by atoms with Crippen molar-refractivity contribution in [1.29, 1.82) is 0 Å². The van der Waals surface area contributed by atoms with Gasteiger partial charge in [-0.25, -0.2) is 0 Å². The molecule has 0 aliphatic heterocycles. The molecule has 1 N–H and O–H groups in total. The Hall–Kier alpha value is -0.900. The second-order valence-corrected chi connectivity index (χ2v) is 4.73. The summed E-state index contributed by atoms with van der Waals surface area (Å²) in [4.78, 5) is 4.39. The minimum absolute atomic E-state index is 0.00551. The van der Waals surface area contributed by atoms with Crippen molar-refractivity contribution in [2.75, 3.05) is 0 Å². The average molecular weight is 223 g/mol. The molecule has 1 aromatic rings. The molecule has 1 saturated carbocycles. The molecule has 1 aromatic heterocycles. The lowest BCUT2D eigenvalue weighted by atomic mass is 9.75. The third-order valence-electron chi connectivity index (χ3n) is 3.63. The van der Waals surface area contributed by atoms with Gasteiger partial charge in [-0.15, -0.1) is 0 Å². The Bertz CT molecular complexity index is 340. The van der Waals surface area contributed by atoms with Gasteiger partial charge in [0.05, 0.1) is 5.54 Å². The highest BCUT2D eigenvalue weighted by atomic mass is 16.5. The first kappa shape index (κ1) is 11.6. The number of rotatable bonds is 5. The van der Waals surface area contributed by atoms with Gasteiger partial charge in [0.15, 0.2) is 5.82 Å². The number of aryl methyl sites for hydroxylation is 1. The van der Waals surface area contributed by atoms with Gasteiger partial charge in [-0.1, -0.05) is 19.0 Å². The van der Waals surface area contributed by atoms with Gasteiger partial charge in [0.1, 0.15) is 0 Å². The zero-order valence-electron chi connectivity index (χ0n) is 10.4. The minimum Gasteiger partial charge on any atom is -0.340 e. The first-order chi connectivity index (χ1) is 7.70. The lowest BCUT2D eigenvalue weighted by Crippen LogP contribution is -2.52. The summed E-state index contributed by atoms with van der Waals surface area (Å²) < 4.78 is 5.09. The van der Waals surface area contributed by atoms with Crippen LogP contribution in [0, 0.1) is 6.92 Å². The SMILES string of the molecule is CCC(CC)NC1(c2noc(C)n2)CCC1. The van der Waals surface area contributed by atoms with Crippen LogP contribution in [0.25, 0.3) is 0 Å². The Kier molecular flexibility index (Phi) is 3.28.